The lowest BCUT2D eigenvalue weighted by atomic mass is 10.2. The maximum Gasteiger partial charge on any atom is 0.123 e. The van der Waals surface area contributed by atoms with Crippen molar-refractivity contribution in [1.82, 2.24) is 5.32 Å². The van der Waals surface area contributed by atoms with Crippen LogP contribution in [0.25, 0.3) is 0 Å². The van der Waals surface area contributed by atoms with Gasteiger partial charge in [0.2, 0.25) is 0 Å². The summed E-state index contributed by atoms with van der Waals surface area (Å²) in [4.78, 5) is 0. The average molecular weight is 246 g/mol. The van der Waals surface area contributed by atoms with Crippen molar-refractivity contribution in [3.63, 3.8) is 0 Å². The molecule has 1 aromatic rings. The van der Waals surface area contributed by atoms with Crippen molar-refractivity contribution in [3.05, 3.63) is 29.8 Å². The van der Waals surface area contributed by atoms with Gasteiger partial charge in [0, 0.05) is 25.8 Å². The van der Waals surface area contributed by atoms with Crippen LogP contribution in [0.3, 0.4) is 0 Å². The third-order valence-electron chi connectivity index (χ3n) is 2.21. The molecule has 0 saturated heterocycles. The number of benzene rings is 1. The molecular weight excluding hydrogens is 226 g/mol. The highest BCUT2D eigenvalue weighted by Gasteiger charge is 1.99. The Labute approximate surface area is 104 Å². The van der Waals surface area contributed by atoms with Crippen molar-refractivity contribution in [2.75, 3.05) is 27.4 Å². The van der Waals surface area contributed by atoms with Crippen molar-refractivity contribution in [2.45, 2.75) is 13.0 Å². The third kappa shape index (κ3) is 5.35. The minimum atomic E-state index is 0. The van der Waals surface area contributed by atoms with Crippen LogP contribution in [-0.2, 0) is 11.3 Å². The molecule has 0 unspecified atom stereocenters. The minimum absolute atomic E-state index is 0. The van der Waals surface area contributed by atoms with E-state index in [0.717, 1.165) is 31.9 Å². The molecule has 0 aliphatic rings. The second-order valence-corrected chi connectivity index (χ2v) is 3.33. The minimum Gasteiger partial charge on any atom is -0.496 e. The Bertz CT molecular complexity index is 281. The summed E-state index contributed by atoms with van der Waals surface area (Å²) in [7, 11) is 3.42. The van der Waals surface area contributed by atoms with Crippen LogP contribution >= 0.6 is 12.4 Å². The summed E-state index contributed by atoms with van der Waals surface area (Å²) in [6.45, 7) is 2.61. The standard InChI is InChI=1S/C12H19NO2.ClH/c1-14-9-5-8-13-10-11-6-3-4-7-12(11)15-2;/h3-4,6-7,13H,5,8-10H2,1-2H3;1H. The molecule has 0 fully saturated rings. The molecule has 92 valence electrons. The first-order valence-corrected chi connectivity index (χ1v) is 5.20. The van der Waals surface area contributed by atoms with Gasteiger partial charge >= 0.3 is 0 Å². The molecule has 1 N–H and O–H groups in total. The quantitative estimate of drug-likeness (QED) is 0.748. The third-order valence-corrected chi connectivity index (χ3v) is 2.21. The zero-order valence-corrected chi connectivity index (χ0v) is 10.7. The van der Waals surface area contributed by atoms with Crippen LogP contribution < -0.4 is 10.1 Å². The van der Waals surface area contributed by atoms with Crippen molar-refractivity contribution >= 4 is 12.4 Å². The lowest BCUT2D eigenvalue weighted by Gasteiger charge is -2.08. The second-order valence-electron chi connectivity index (χ2n) is 3.33. The number of hydrogen-bond donors (Lipinski definition) is 1. The van der Waals surface area contributed by atoms with Gasteiger partial charge in [0.15, 0.2) is 0 Å². The summed E-state index contributed by atoms with van der Waals surface area (Å²) < 4.78 is 10.2. The zero-order valence-electron chi connectivity index (χ0n) is 9.86. The molecule has 0 aromatic heterocycles. The summed E-state index contributed by atoms with van der Waals surface area (Å²) in [5, 5.41) is 3.35. The molecule has 0 heterocycles. The van der Waals surface area contributed by atoms with Crippen LogP contribution in [-0.4, -0.2) is 27.4 Å². The fourth-order valence-electron chi connectivity index (χ4n) is 1.41. The first-order chi connectivity index (χ1) is 7.38. The summed E-state index contributed by atoms with van der Waals surface area (Å²) >= 11 is 0. The van der Waals surface area contributed by atoms with Crippen molar-refractivity contribution in [3.8, 4) is 5.75 Å². The Morgan fingerprint density at radius 1 is 1.19 bits per heavy atom. The monoisotopic (exact) mass is 245 g/mol. The summed E-state index contributed by atoms with van der Waals surface area (Å²) in [6, 6.07) is 8.05. The zero-order chi connectivity index (χ0) is 10.9. The Balaban J connectivity index is 0.00000225. The topological polar surface area (TPSA) is 30.5 Å². The van der Waals surface area contributed by atoms with E-state index in [1.165, 1.54) is 5.56 Å². The van der Waals surface area contributed by atoms with Crippen molar-refractivity contribution < 1.29 is 9.47 Å². The lowest BCUT2D eigenvalue weighted by Crippen LogP contribution is -2.16. The number of para-hydroxylation sites is 1. The molecule has 3 nitrogen and oxygen atoms in total. The summed E-state index contributed by atoms with van der Waals surface area (Å²) in [6.07, 6.45) is 1.03. The van der Waals surface area contributed by atoms with Crippen LogP contribution in [0, 0.1) is 0 Å². The summed E-state index contributed by atoms with van der Waals surface area (Å²) in [5.74, 6) is 0.941. The SMILES string of the molecule is COCCCNCc1ccccc1OC.Cl. The van der Waals surface area contributed by atoms with Gasteiger partial charge in [-0.3, -0.25) is 0 Å². The first-order valence-electron chi connectivity index (χ1n) is 5.20. The second kappa shape index (κ2) is 9.46. The molecule has 0 spiro atoms. The predicted octanol–water partition coefficient (Wildman–Crippen LogP) is 2.24. The number of methoxy groups -OCH3 is 2. The van der Waals surface area contributed by atoms with E-state index in [-0.39, 0.29) is 12.4 Å². The molecule has 16 heavy (non-hydrogen) atoms. The number of rotatable bonds is 7. The number of ether oxygens (including phenoxy) is 2. The number of halogens is 1. The fraction of sp³-hybridized carbons (Fsp3) is 0.500. The Morgan fingerprint density at radius 2 is 1.94 bits per heavy atom. The molecule has 0 saturated carbocycles. The largest absolute Gasteiger partial charge is 0.496 e. The number of hydrogen-bond acceptors (Lipinski definition) is 3. The van der Waals surface area contributed by atoms with Gasteiger partial charge in [-0.1, -0.05) is 18.2 Å². The van der Waals surface area contributed by atoms with E-state index in [1.54, 1.807) is 14.2 Å². The van der Waals surface area contributed by atoms with Gasteiger partial charge in [-0.15, -0.1) is 12.4 Å². The normalized spacial score (nSPS) is 9.62. The van der Waals surface area contributed by atoms with Crippen LogP contribution in [0.15, 0.2) is 24.3 Å². The molecule has 0 amide bonds. The highest BCUT2D eigenvalue weighted by molar-refractivity contribution is 5.85. The van der Waals surface area contributed by atoms with Crippen LogP contribution in [0.2, 0.25) is 0 Å². The predicted molar refractivity (Wildman–Crippen MR) is 68.4 cm³/mol. The van der Waals surface area contributed by atoms with E-state index in [4.69, 9.17) is 9.47 Å². The molecule has 0 atom stereocenters. The Kier molecular flexibility index (Phi) is 9.00. The van der Waals surface area contributed by atoms with Gasteiger partial charge in [0.1, 0.15) is 5.75 Å². The van der Waals surface area contributed by atoms with Gasteiger partial charge in [0.25, 0.3) is 0 Å². The van der Waals surface area contributed by atoms with Crippen LogP contribution in [0.4, 0.5) is 0 Å². The summed E-state index contributed by atoms with van der Waals surface area (Å²) in [5.41, 5.74) is 1.19. The van der Waals surface area contributed by atoms with Crippen molar-refractivity contribution in [1.29, 1.82) is 0 Å². The molecular formula is C12H20ClNO2. The van der Waals surface area contributed by atoms with E-state index in [9.17, 15) is 0 Å². The molecule has 0 aliphatic carbocycles. The van der Waals surface area contributed by atoms with Gasteiger partial charge in [0.05, 0.1) is 7.11 Å². The van der Waals surface area contributed by atoms with Crippen molar-refractivity contribution in [2.24, 2.45) is 0 Å². The maximum absolute atomic E-state index is 5.26. The fourth-order valence-corrected chi connectivity index (χ4v) is 1.41. The van der Waals surface area contributed by atoms with E-state index < -0.39 is 0 Å². The number of nitrogens with one attached hydrogen (secondary N) is 1. The van der Waals surface area contributed by atoms with Crippen LogP contribution in [0.1, 0.15) is 12.0 Å². The molecule has 0 aliphatic heterocycles. The molecule has 1 rings (SSSR count). The molecule has 0 bridgehead atoms. The smallest absolute Gasteiger partial charge is 0.123 e. The van der Waals surface area contributed by atoms with E-state index in [2.05, 4.69) is 11.4 Å². The van der Waals surface area contributed by atoms with Gasteiger partial charge in [-0.2, -0.15) is 0 Å². The highest BCUT2D eigenvalue weighted by Crippen LogP contribution is 2.16. The molecule has 1 aromatic carbocycles. The Hall–Kier alpha value is -0.770. The lowest BCUT2D eigenvalue weighted by molar-refractivity contribution is 0.194. The highest BCUT2D eigenvalue weighted by atomic mass is 35.5. The maximum atomic E-state index is 5.26. The molecule has 0 radical (unpaired) electrons. The first kappa shape index (κ1) is 15.2. The van der Waals surface area contributed by atoms with E-state index in [1.807, 2.05) is 18.2 Å². The van der Waals surface area contributed by atoms with Gasteiger partial charge in [-0.25, -0.2) is 0 Å². The van der Waals surface area contributed by atoms with E-state index >= 15 is 0 Å². The van der Waals surface area contributed by atoms with Gasteiger partial charge < -0.3 is 14.8 Å². The Morgan fingerprint density at radius 3 is 2.62 bits per heavy atom. The van der Waals surface area contributed by atoms with Crippen LogP contribution in [0.5, 0.6) is 5.75 Å². The van der Waals surface area contributed by atoms with Gasteiger partial charge in [-0.05, 0) is 19.0 Å². The van der Waals surface area contributed by atoms with E-state index in [0.29, 0.717) is 0 Å². The molecule has 4 heteroatoms. The average Bonchev–Trinajstić information content (AvgIpc) is 2.29.